The van der Waals surface area contributed by atoms with Crippen molar-refractivity contribution in [1.29, 1.82) is 0 Å². The van der Waals surface area contributed by atoms with Gasteiger partial charge in [-0.25, -0.2) is 0 Å². The second-order valence-corrected chi connectivity index (χ2v) is 9.82. The minimum atomic E-state index is -0.283. The summed E-state index contributed by atoms with van der Waals surface area (Å²) in [5.41, 5.74) is 2.52. The van der Waals surface area contributed by atoms with Crippen LogP contribution in [0, 0.1) is 5.92 Å². The van der Waals surface area contributed by atoms with Gasteiger partial charge in [0.1, 0.15) is 5.75 Å². The van der Waals surface area contributed by atoms with E-state index in [1.807, 2.05) is 41.3 Å². The fourth-order valence-electron chi connectivity index (χ4n) is 5.87. The molecule has 2 fully saturated rings. The van der Waals surface area contributed by atoms with E-state index >= 15 is 0 Å². The highest BCUT2D eigenvalue weighted by atomic mass is 16.5. The van der Waals surface area contributed by atoms with Crippen LogP contribution in [0.25, 0.3) is 0 Å². The Kier molecular flexibility index (Phi) is 6.96. The molecule has 0 aromatic heterocycles. The number of likely N-dealkylation sites (tertiary alicyclic amines) is 1. The number of fused-ring (bicyclic) bond motifs is 1. The first-order chi connectivity index (χ1) is 17.5. The summed E-state index contributed by atoms with van der Waals surface area (Å²) >= 11 is 0. The van der Waals surface area contributed by atoms with Gasteiger partial charge in [0.2, 0.25) is 5.91 Å². The lowest BCUT2D eigenvalue weighted by molar-refractivity contribution is -0.137. The molecule has 2 atom stereocenters. The molecule has 0 saturated carbocycles. The predicted molar refractivity (Wildman–Crippen MR) is 135 cm³/mol. The van der Waals surface area contributed by atoms with Crippen LogP contribution >= 0.6 is 0 Å². The van der Waals surface area contributed by atoms with E-state index < -0.39 is 0 Å². The minimum absolute atomic E-state index is 0.00429. The molecule has 5 rings (SSSR count). The number of methoxy groups -OCH3 is 1. The maximum atomic E-state index is 13.5. The Morgan fingerprint density at radius 2 is 1.83 bits per heavy atom. The van der Waals surface area contributed by atoms with Crippen molar-refractivity contribution in [1.82, 2.24) is 9.80 Å². The molecule has 2 aromatic carbocycles. The Morgan fingerprint density at radius 1 is 1.03 bits per heavy atom. The van der Waals surface area contributed by atoms with Crippen LogP contribution in [0.1, 0.15) is 52.0 Å². The quantitative estimate of drug-likeness (QED) is 0.599. The number of aliphatic hydroxyl groups is 1. The number of ether oxygens (including phenoxy) is 1. The Labute approximate surface area is 211 Å². The maximum Gasteiger partial charge on any atom is 0.263 e. The van der Waals surface area contributed by atoms with E-state index in [-0.39, 0.29) is 42.8 Å². The highest BCUT2D eigenvalue weighted by Gasteiger charge is 2.40. The lowest BCUT2D eigenvalue weighted by Gasteiger charge is -2.37. The van der Waals surface area contributed by atoms with Crippen LogP contribution in [0.4, 0.5) is 5.69 Å². The number of rotatable bonds is 7. The average molecular weight is 492 g/mol. The van der Waals surface area contributed by atoms with Crippen molar-refractivity contribution in [3.8, 4) is 5.75 Å². The normalized spacial score (nSPS) is 21.8. The van der Waals surface area contributed by atoms with Crippen LogP contribution < -0.4 is 9.64 Å². The highest BCUT2D eigenvalue weighted by molar-refractivity contribution is 6.23. The van der Waals surface area contributed by atoms with Crippen LogP contribution in [0.5, 0.6) is 5.75 Å². The van der Waals surface area contributed by atoms with Crippen LogP contribution in [-0.4, -0.2) is 78.6 Å². The zero-order valence-corrected chi connectivity index (χ0v) is 20.7. The van der Waals surface area contributed by atoms with Crippen molar-refractivity contribution in [2.75, 3.05) is 44.8 Å². The van der Waals surface area contributed by atoms with Crippen LogP contribution in [0.2, 0.25) is 0 Å². The molecule has 1 unspecified atom stereocenters. The molecule has 0 bridgehead atoms. The Balaban J connectivity index is 1.34. The zero-order valence-electron chi connectivity index (χ0n) is 20.7. The molecule has 3 amide bonds. The first kappa shape index (κ1) is 24.3. The molecule has 3 heterocycles. The Morgan fingerprint density at radius 3 is 2.64 bits per heavy atom. The third kappa shape index (κ3) is 4.34. The molecule has 0 aliphatic carbocycles. The monoisotopic (exact) mass is 491 g/mol. The van der Waals surface area contributed by atoms with Gasteiger partial charge >= 0.3 is 0 Å². The van der Waals surface area contributed by atoms with Gasteiger partial charge in [-0.1, -0.05) is 24.3 Å². The standard InChI is InChI=1S/C28H33N3O5/c1-36-24-12-3-2-7-19(24)13-16-31-27(34)22-10-4-11-23(25(22)28(31)35)29-14-5-8-20(17-29)26(33)30-15-6-9-21(30)18-32/h2-4,7,10-12,20-21,32H,5-6,8-9,13-18H2,1H3/t20?,21-/m0/s1. The molecule has 36 heavy (non-hydrogen) atoms. The topological polar surface area (TPSA) is 90.4 Å². The molecule has 8 heteroatoms. The summed E-state index contributed by atoms with van der Waals surface area (Å²) in [6.07, 6.45) is 3.88. The summed E-state index contributed by atoms with van der Waals surface area (Å²) in [5, 5.41) is 9.66. The van der Waals surface area contributed by atoms with E-state index in [0.717, 1.165) is 49.2 Å². The third-order valence-electron chi connectivity index (χ3n) is 7.76. The Bertz CT molecular complexity index is 1170. The van der Waals surface area contributed by atoms with Crippen molar-refractivity contribution in [2.24, 2.45) is 5.92 Å². The zero-order chi connectivity index (χ0) is 25.2. The summed E-state index contributed by atoms with van der Waals surface area (Å²) < 4.78 is 5.41. The average Bonchev–Trinajstić information content (AvgIpc) is 3.50. The molecule has 3 aliphatic rings. The number of anilines is 1. The molecule has 2 aromatic rings. The number of hydrogen-bond acceptors (Lipinski definition) is 6. The fourth-order valence-corrected chi connectivity index (χ4v) is 5.87. The first-order valence-corrected chi connectivity index (χ1v) is 12.8. The van der Waals surface area contributed by atoms with E-state index in [9.17, 15) is 19.5 Å². The summed E-state index contributed by atoms with van der Waals surface area (Å²) in [5.74, 6) is 0.0774. The van der Waals surface area contributed by atoms with Crippen LogP contribution in [-0.2, 0) is 11.2 Å². The van der Waals surface area contributed by atoms with Gasteiger partial charge in [0, 0.05) is 26.2 Å². The highest BCUT2D eigenvalue weighted by Crippen LogP contribution is 2.35. The third-order valence-corrected chi connectivity index (χ3v) is 7.76. The second kappa shape index (κ2) is 10.3. The summed E-state index contributed by atoms with van der Waals surface area (Å²) in [6, 6.07) is 12.9. The summed E-state index contributed by atoms with van der Waals surface area (Å²) in [7, 11) is 1.61. The fraction of sp³-hybridized carbons (Fsp3) is 0.464. The molecule has 0 spiro atoms. The van der Waals surface area contributed by atoms with Crippen molar-refractivity contribution in [3.05, 3.63) is 59.2 Å². The molecule has 3 aliphatic heterocycles. The van der Waals surface area contributed by atoms with E-state index in [2.05, 4.69) is 4.90 Å². The number of nitrogens with zero attached hydrogens (tertiary/aromatic N) is 3. The number of imide groups is 1. The number of amides is 3. The lowest BCUT2D eigenvalue weighted by atomic mass is 9.94. The number of para-hydroxylation sites is 1. The Hall–Kier alpha value is -3.39. The number of carbonyl (C=O) groups is 3. The predicted octanol–water partition coefficient (Wildman–Crippen LogP) is 2.73. The SMILES string of the molecule is COc1ccccc1CCN1C(=O)c2cccc(N3CCCC(C(=O)N4CCC[C@H]4CO)C3)c2C1=O. The molecule has 0 radical (unpaired) electrons. The van der Waals surface area contributed by atoms with E-state index in [4.69, 9.17) is 4.74 Å². The number of benzene rings is 2. The largest absolute Gasteiger partial charge is 0.496 e. The summed E-state index contributed by atoms with van der Waals surface area (Å²) in [6.45, 7) is 2.19. The first-order valence-electron chi connectivity index (χ1n) is 12.8. The van der Waals surface area contributed by atoms with Gasteiger partial charge in [0.15, 0.2) is 0 Å². The van der Waals surface area contributed by atoms with Crippen molar-refractivity contribution in [3.63, 3.8) is 0 Å². The smallest absolute Gasteiger partial charge is 0.263 e. The second-order valence-electron chi connectivity index (χ2n) is 9.82. The van der Waals surface area contributed by atoms with Crippen molar-refractivity contribution in [2.45, 2.75) is 38.1 Å². The van der Waals surface area contributed by atoms with E-state index in [0.29, 0.717) is 30.6 Å². The van der Waals surface area contributed by atoms with Gasteiger partial charge in [0.25, 0.3) is 11.8 Å². The van der Waals surface area contributed by atoms with Crippen molar-refractivity contribution >= 4 is 23.4 Å². The minimum Gasteiger partial charge on any atom is -0.496 e. The van der Waals surface area contributed by atoms with Gasteiger partial charge < -0.3 is 19.6 Å². The van der Waals surface area contributed by atoms with Gasteiger partial charge in [-0.3, -0.25) is 19.3 Å². The van der Waals surface area contributed by atoms with Crippen LogP contribution in [0.15, 0.2) is 42.5 Å². The molecule has 190 valence electrons. The molecule has 1 N–H and O–H groups in total. The number of hydrogen-bond donors (Lipinski definition) is 1. The van der Waals surface area contributed by atoms with E-state index in [1.165, 1.54) is 4.90 Å². The maximum absolute atomic E-state index is 13.5. The molecular weight excluding hydrogens is 458 g/mol. The van der Waals surface area contributed by atoms with Gasteiger partial charge in [0.05, 0.1) is 42.5 Å². The summed E-state index contributed by atoms with van der Waals surface area (Å²) in [4.78, 5) is 45.2. The van der Waals surface area contributed by atoms with Gasteiger partial charge in [-0.15, -0.1) is 0 Å². The van der Waals surface area contributed by atoms with E-state index in [1.54, 1.807) is 13.2 Å². The van der Waals surface area contributed by atoms with Gasteiger partial charge in [-0.2, -0.15) is 0 Å². The number of carbonyl (C=O) groups excluding carboxylic acids is 3. The molecular formula is C28H33N3O5. The molecule has 8 nitrogen and oxygen atoms in total. The van der Waals surface area contributed by atoms with Crippen molar-refractivity contribution < 1.29 is 24.2 Å². The molecule has 2 saturated heterocycles. The number of piperidine rings is 1. The number of aliphatic hydroxyl groups excluding tert-OH is 1. The lowest BCUT2D eigenvalue weighted by Crippen LogP contribution is -2.47. The van der Waals surface area contributed by atoms with Crippen LogP contribution in [0.3, 0.4) is 0 Å². The van der Waals surface area contributed by atoms with Gasteiger partial charge in [-0.05, 0) is 55.9 Å².